The van der Waals surface area contributed by atoms with Crippen molar-refractivity contribution in [3.63, 3.8) is 0 Å². The lowest BCUT2D eigenvalue weighted by atomic mass is 9.89. The molecule has 0 saturated heterocycles. The molecule has 37 heavy (non-hydrogen) atoms. The lowest BCUT2D eigenvalue weighted by molar-refractivity contribution is 0.0600. The molecule has 1 atom stereocenters. The number of hydrogen-bond donors (Lipinski definition) is 1. The molecule has 1 unspecified atom stereocenters. The Balaban J connectivity index is 1.42. The van der Waals surface area contributed by atoms with Crippen molar-refractivity contribution in [1.82, 2.24) is 9.97 Å². The maximum atomic E-state index is 13.0. The normalized spacial score (nSPS) is 15.2. The minimum absolute atomic E-state index is 0.201. The van der Waals surface area contributed by atoms with E-state index in [1.54, 1.807) is 41.7 Å². The van der Waals surface area contributed by atoms with Crippen LogP contribution in [0, 0.1) is 17.2 Å². The first-order chi connectivity index (χ1) is 18.0. The van der Waals surface area contributed by atoms with E-state index < -0.39 is 5.97 Å². The summed E-state index contributed by atoms with van der Waals surface area (Å²) in [7, 11) is 1.34. The Morgan fingerprint density at radius 3 is 2.78 bits per heavy atom. The van der Waals surface area contributed by atoms with Crippen molar-refractivity contribution in [2.24, 2.45) is 5.92 Å². The van der Waals surface area contributed by atoms with Crippen molar-refractivity contribution < 1.29 is 14.3 Å². The molecule has 0 fully saturated rings. The second-order valence-corrected chi connectivity index (χ2v) is 10.2. The van der Waals surface area contributed by atoms with Crippen LogP contribution in [0.5, 0.6) is 5.75 Å². The summed E-state index contributed by atoms with van der Waals surface area (Å²) < 4.78 is 10.8. The van der Waals surface area contributed by atoms with Gasteiger partial charge in [-0.05, 0) is 60.6 Å². The van der Waals surface area contributed by atoms with Crippen LogP contribution in [0.15, 0.2) is 53.3 Å². The van der Waals surface area contributed by atoms with Gasteiger partial charge in [0.05, 0.1) is 23.6 Å². The molecule has 4 aromatic rings. The average Bonchev–Trinajstić information content (AvgIpc) is 3.28. The third-order valence-electron chi connectivity index (χ3n) is 6.53. The van der Waals surface area contributed by atoms with E-state index in [-0.39, 0.29) is 23.6 Å². The fourth-order valence-corrected chi connectivity index (χ4v) is 5.92. The van der Waals surface area contributed by atoms with E-state index in [2.05, 4.69) is 23.0 Å². The van der Waals surface area contributed by atoms with Gasteiger partial charge in [0.15, 0.2) is 5.82 Å². The average molecular weight is 512 g/mol. The highest BCUT2D eigenvalue weighted by Gasteiger charge is 2.23. The fraction of sp³-hybridized carbons (Fsp3) is 0.241. The van der Waals surface area contributed by atoms with Crippen LogP contribution in [-0.4, -0.2) is 23.0 Å². The predicted molar refractivity (Wildman–Crippen MR) is 143 cm³/mol. The van der Waals surface area contributed by atoms with Crippen molar-refractivity contribution >= 4 is 39.2 Å². The molecular weight excluding hydrogens is 486 g/mol. The summed E-state index contributed by atoms with van der Waals surface area (Å²) in [4.78, 5) is 34.1. The highest BCUT2D eigenvalue weighted by atomic mass is 32.1. The van der Waals surface area contributed by atoms with E-state index in [9.17, 15) is 14.9 Å². The van der Waals surface area contributed by atoms with Crippen molar-refractivity contribution in [2.45, 2.75) is 32.8 Å². The number of carbonyl (C=O) groups is 1. The number of ether oxygens (including phenoxy) is 2. The molecule has 2 aromatic heterocycles. The molecular formula is C29H25N3O4S. The molecule has 2 heterocycles. The summed E-state index contributed by atoms with van der Waals surface area (Å²) >= 11 is 1.56. The van der Waals surface area contributed by atoms with Crippen LogP contribution >= 0.6 is 11.3 Å². The molecule has 1 N–H and O–H groups in total. The van der Waals surface area contributed by atoms with E-state index in [0.717, 1.165) is 30.4 Å². The monoisotopic (exact) mass is 511 g/mol. The van der Waals surface area contributed by atoms with Gasteiger partial charge in [-0.25, -0.2) is 9.78 Å². The van der Waals surface area contributed by atoms with E-state index in [4.69, 9.17) is 9.47 Å². The number of allylic oxidation sites excluding steroid dienone is 1. The molecule has 0 spiro atoms. The number of rotatable bonds is 6. The SMILES string of the molecule is COC(=O)c1ccc(COc2ccccc2/C=C(\C#N)c2nc3sc4c(c3c(=O)[nH]2)CCC(C)C4)cc1. The largest absolute Gasteiger partial charge is 0.488 e. The lowest BCUT2D eigenvalue weighted by Gasteiger charge is -2.17. The van der Waals surface area contributed by atoms with Crippen LogP contribution in [0.4, 0.5) is 0 Å². The van der Waals surface area contributed by atoms with Gasteiger partial charge >= 0.3 is 5.97 Å². The van der Waals surface area contributed by atoms with E-state index in [0.29, 0.717) is 33.0 Å². The molecule has 2 aromatic carbocycles. The number of fused-ring (bicyclic) bond motifs is 3. The molecule has 1 aliphatic rings. The van der Waals surface area contributed by atoms with Gasteiger partial charge in [-0.15, -0.1) is 11.3 Å². The van der Waals surface area contributed by atoms with Crippen LogP contribution in [0.1, 0.15) is 51.1 Å². The first kappa shape index (κ1) is 24.5. The molecule has 0 aliphatic heterocycles. The second-order valence-electron chi connectivity index (χ2n) is 9.13. The van der Waals surface area contributed by atoms with Gasteiger partial charge in [0.2, 0.25) is 0 Å². The van der Waals surface area contributed by atoms with Crippen molar-refractivity contribution in [3.05, 3.63) is 91.8 Å². The number of para-hydroxylation sites is 1. The Labute approximate surface area is 218 Å². The summed E-state index contributed by atoms with van der Waals surface area (Å²) in [5.74, 6) is 1.03. The van der Waals surface area contributed by atoms with Crippen LogP contribution in [0.3, 0.4) is 0 Å². The summed E-state index contributed by atoms with van der Waals surface area (Å²) in [6.45, 7) is 2.50. The number of carbonyl (C=O) groups excluding carboxylic acids is 1. The van der Waals surface area contributed by atoms with Crippen LogP contribution < -0.4 is 10.3 Å². The zero-order chi connectivity index (χ0) is 25.9. The number of nitrogens with one attached hydrogen (secondary N) is 1. The third-order valence-corrected chi connectivity index (χ3v) is 7.68. The zero-order valence-electron chi connectivity index (χ0n) is 20.5. The molecule has 186 valence electrons. The maximum Gasteiger partial charge on any atom is 0.337 e. The Kier molecular flexibility index (Phi) is 6.89. The number of aryl methyl sites for hydroxylation is 1. The topological polar surface area (TPSA) is 105 Å². The maximum absolute atomic E-state index is 13.0. The van der Waals surface area contributed by atoms with E-state index in [1.165, 1.54) is 12.0 Å². The van der Waals surface area contributed by atoms with Crippen LogP contribution in [0.25, 0.3) is 21.9 Å². The Morgan fingerprint density at radius 1 is 1.24 bits per heavy atom. The summed E-state index contributed by atoms with van der Waals surface area (Å²) in [5.41, 5.74) is 3.18. The molecule has 0 saturated carbocycles. The van der Waals surface area contributed by atoms with Crippen molar-refractivity contribution in [2.75, 3.05) is 7.11 Å². The number of aromatic nitrogens is 2. The number of nitriles is 1. The number of H-pyrrole nitrogens is 1. The zero-order valence-corrected chi connectivity index (χ0v) is 21.4. The van der Waals surface area contributed by atoms with Gasteiger partial charge in [0.25, 0.3) is 5.56 Å². The number of methoxy groups -OCH3 is 1. The van der Waals surface area contributed by atoms with Crippen molar-refractivity contribution in [3.8, 4) is 11.8 Å². The smallest absolute Gasteiger partial charge is 0.337 e. The quantitative estimate of drug-likeness (QED) is 0.269. The number of nitrogens with zero attached hydrogens (tertiary/aromatic N) is 2. The highest BCUT2D eigenvalue weighted by Crippen LogP contribution is 2.36. The molecule has 7 nitrogen and oxygen atoms in total. The van der Waals surface area contributed by atoms with Crippen LogP contribution in [0.2, 0.25) is 0 Å². The van der Waals surface area contributed by atoms with Gasteiger partial charge in [-0.1, -0.05) is 37.3 Å². The van der Waals surface area contributed by atoms with Gasteiger partial charge in [0.1, 0.15) is 23.3 Å². The second kappa shape index (κ2) is 10.4. The standard InChI is InChI=1S/C29H25N3O4S/c1-17-7-12-22-24(13-17)37-28-25(22)27(33)31-26(32-28)21(15-30)14-20-5-3-4-6-23(20)36-16-18-8-10-19(11-9-18)29(34)35-2/h3-6,8-11,14,17H,7,12-13,16H2,1-2H3,(H,31,32,33)/b21-14+. The Bertz CT molecular complexity index is 1610. The summed E-state index contributed by atoms with van der Waals surface area (Å²) in [6, 6.07) is 16.5. The lowest BCUT2D eigenvalue weighted by Crippen LogP contribution is -2.14. The van der Waals surface area contributed by atoms with Crippen molar-refractivity contribution in [1.29, 1.82) is 5.26 Å². The minimum atomic E-state index is -0.394. The first-order valence-electron chi connectivity index (χ1n) is 12.0. The number of benzene rings is 2. The van der Waals surface area contributed by atoms with Gasteiger partial charge in [-0.3, -0.25) is 4.79 Å². The Morgan fingerprint density at radius 2 is 2.03 bits per heavy atom. The molecule has 0 radical (unpaired) electrons. The molecule has 0 amide bonds. The van der Waals surface area contributed by atoms with Gasteiger partial charge in [0, 0.05) is 10.4 Å². The first-order valence-corrected chi connectivity index (χ1v) is 12.8. The number of thiophene rings is 1. The van der Waals surface area contributed by atoms with E-state index >= 15 is 0 Å². The predicted octanol–water partition coefficient (Wildman–Crippen LogP) is 5.54. The number of aromatic amines is 1. The number of hydrogen-bond acceptors (Lipinski definition) is 7. The van der Waals surface area contributed by atoms with E-state index in [1.807, 2.05) is 24.3 Å². The Hall–Kier alpha value is -4.22. The fourth-order valence-electron chi connectivity index (χ4n) is 4.53. The molecule has 1 aliphatic carbocycles. The minimum Gasteiger partial charge on any atom is -0.488 e. The molecule has 0 bridgehead atoms. The van der Waals surface area contributed by atoms with Crippen LogP contribution in [-0.2, 0) is 24.2 Å². The summed E-state index contributed by atoms with van der Waals surface area (Å²) in [5, 5.41) is 10.6. The van der Waals surface area contributed by atoms with Gasteiger partial charge < -0.3 is 14.5 Å². The van der Waals surface area contributed by atoms with Gasteiger partial charge in [-0.2, -0.15) is 5.26 Å². The number of esters is 1. The summed E-state index contributed by atoms with van der Waals surface area (Å²) in [6.07, 6.45) is 4.59. The molecule has 5 rings (SSSR count). The molecule has 8 heteroatoms. The highest BCUT2D eigenvalue weighted by molar-refractivity contribution is 7.18. The third kappa shape index (κ3) is 5.04.